The van der Waals surface area contributed by atoms with E-state index in [-0.39, 0.29) is 18.3 Å². The van der Waals surface area contributed by atoms with Crippen LogP contribution in [0.1, 0.15) is 31.2 Å². The van der Waals surface area contributed by atoms with Gasteiger partial charge >= 0.3 is 0 Å². The van der Waals surface area contributed by atoms with Crippen molar-refractivity contribution < 1.29 is 14.3 Å². The van der Waals surface area contributed by atoms with Crippen molar-refractivity contribution in [3.8, 4) is 0 Å². The number of hydrogen-bond acceptors (Lipinski definition) is 3. The van der Waals surface area contributed by atoms with Crippen molar-refractivity contribution in [1.29, 1.82) is 0 Å². The number of amides is 1. The molecule has 20 heavy (non-hydrogen) atoms. The van der Waals surface area contributed by atoms with Crippen LogP contribution in [0.5, 0.6) is 0 Å². The Balaban J connectivity index is 1.52. The van der Waals surface area contributed by atoms with Gasteiger partial charge in [-0.05, 0) is 24.8 Å². The Bertz CT molecular complexity index is 442. The summed E-state index contributed by atoms with van der Waals surface area (Å²) in [6.45, 7) is 2.12. The average Bonchev–Trinajstić information content (AvgIpc) is 2.81. The molecule has 0 aromatic heterocycles. The molecule has 0 bridgehead atoms. The molecule has 2 heterocycles. The highest BCUT2D eigenvalue weighted by Gasteiger charge is 2.32. The van der Waals surface area contributed by atoms with E-state index >= 15 is 0 Å². The summed E-state index contributed by atoms with van der Waals surface area (Å²) in [5.41, 5.74) is 1.16. The van der Waals surface area contributed by atoms with Crippen molar-refractivity contribution in [2.45, 2.75) is 44.6 Å². The standard InChI is InChI=1S/C16H21NO3/c18-15-10-14(20-16-8-4-5-9-19-16)12-17(15)11-13-6-2-1-3-7-13/h1-3,6-7,14,16H,4-5,8-12H2/t14-,16?/m0/s1. The van der Waals surface area contributed by atoms with E-state index in [4.69, 9.17) is 9.47 Å². The van der Waals surface area contributed by atoms with E-state index in [1.807, 2.05) is 35.2 Å². The fourth-order valence-electron chi connectivity index (χ4n) is 2.82. The van der Waals surface area contributed by atoms with Crippen molar-refractivity contribution in [1.82, 2.24) is 4.90 Å². The summed E-state index contributed by atoms with van der Waals surface area (Å²) >= 11 is 0. The first kappa shape index (κ1) is 13.6. The molecule has 3 rings (SSSR count). The number of carbonyl (C=O) groups excluding carboxylic acids is 1. The molecule has 2 aliphatic heterocycles. The average molecular weight is 275 g/mol. The number of nitrogens with zero attached hydrogens (tertiary/aromatic N) is 1. The summed E-state index contributed by atoms with van der Waals surface area (Å²) in [7, 11) is 0. The molecule has 2 fully saturated rings. The van der Waals surface area contributed by atoms with Crippen LogP contribution in [0.3, 0.4) is 0 Å². The van der Waals surface area contributed by atoms with E-state index in [1.54, 1.807) is 0 Å². The Morgan fingerprint density at radius 3 is 2.85 bits per heavy atom. The molecule has 1 aromatic rings. The van der Waals surface area contributed by atoms with E-state index in [2.05, 4.69) is 0 Å². The zero-order valence-electron chi connectivity index (χ0n) is 11.7. The Labute approximate surface area is 119 Å². The minimum absolute atomic E-state index is 0.0192. The fourth-order valence-corrected chi connectivity index (χ4v) is 2.82. The molecule has 0 saturated carbocycles. The van der Waals surface area contributed by atoms with Gasteiger partial charge in [-0.25, -0.2) is 0 Å². The highest BCUT2D eigenvalue weighted by Crippen LogP contribution is 2.22. The van der Waals surface area contributed by atoms with Gasteiger partial charge in [-0.2, -0.15) is 0 Å². The smallest absolute Gasteiger partial charge is 0.225 e. The molecule has 4 nitrogen and oxygen atoms in total. The van der Waals surface area contributed by atoms with Crippen LogP contribution in [-0.4, -0.2) is 36.4 Å². The molecule has 0 N–H and O–H groups in total. The van der Waals surface area contributed by atoms with Gasteiger partial charge in [0.15, 0.2) is 6.29 Å². The zero-order valence-corrected chi connectivity index (χ0v) is 11.7. The van der Waals surface area contributed by atoms with Crippen LogP contribution >= 0.6 is 0 Å². The predicted molar refractivity (Wildman–Crippen MR) is 74.9 cm³/mol. The fraction of sp³-hybridized carbons (Fsp3) is 0.562. The molecule has 1 unspecified atom stereocenters. The lowest BCUT2D eigenvalue weighted by molar-refractivity contribution is -0.185. The first-order valence-corrected chi connectivity index (χ1v) is 7.40. The minimum Gasteiger partial charge on any atom is -0.353 e. The molecule has 0 radical (unpaired) electrons. The predicted octanol–water partition coefficient (Wildman–Crippen LogP) is 2.33. The van der Waals surface area contributed by atoms with Crippen LogP contribution < -0.4 is 0 Å². The Kier molecular flexibility index (Phi) is 4.33. The highest BCUT2D eigenvalue weighted by atomic mass is 16.7. The van der Waals surface area contributed by atoms with Gasteiger partial charge in [-0.1, -0.05) is 30.3 Å². The third-order valence-corrected chi connectivity index (χ3v) is 3.88. The number of rotatable bonds is 4. The van der Waals surface area contributed by atoms with Crippen molar-refractivity contribution in [3.63, 3.8) is 0 Å². The summed E-state index contributed by atoms with van der Waals surface area (Å²) in [5.74, 6) is 0.176. The molecule has 2 aliphatic rings. The van der Waals surface area contributed by atoms with Crippen LogP contribution in [-0.2, 0) is 20.8 Å². The van der Waals surface area contributed by atoms with Gasteiger partial charge in [-0.3, -0.25) is 4.79 Å². The third-order valence-electron chi connectivity index (χ3n) is 3.88. The topological polar surface area (TPSA) is 38.8 Å². The summed E-state index contributed by atoms with van der Waals surface area (Å²) < 4.78 is 11.5. The molecule has 0 spiro atoms. The Hall–Kier alpha value is -1.39. The maximum Gasteiger partial charge on any atom is 0.225 e. The first-order valence-electron chi connectivity index (χ1n) is 7.40. The van der Waals surface area contributed by atoms with Gasteiger partial charge < -0.3 is 14.4 Å². The van der Waals surface area contributed by atoms with Crippen LogP contribution in [0.2, 0.25) is 0 Å². The second-order valence-electron chi connectivity index (χ2n) is 5.52. The molecule has 4 heteroatoms. The minimum atomic E-state index is -0.113. The summed E-state index contributed by atoms with van der Waals surface area (Å²) in [5, 5.41) is 0. The van der Waals surface area contributed by atoms with Gasteiger partial charge in [0.25, 0.3) is 0 Å². The molecule has 2 atom stereocenters. The number of benzene rings is 1. The van der Waals surface area contributed by atoms with Gasteiger partial charge in [0, 0.05) is 19.7 Å². The maximum absolute atomic E-state index is 12.0. The molecular formula is C16H21NO3. The van der Waals surface area contributed by atoms with E-state index in [0.29, 0.717) is 19.5 Å². The molecule has 1 amide bonds. The highest BCUT2D eigenvalue weighted by molar-refractivity contribution is 5.79. The Morgan fingerprint density at radius 2 is 2.10 bits per heavy atom. The normalized spacial score (nSPS) is 27.0. The number of carbonyl (C=O) groups is 1. The molecular weight excluding hydrogens is 254 g/mol. The second-order valence-corrected chi connectivity index (χ2v) is 5.52. The van der Waals surface area contributed by atoms with Crippen LogP contribution in [0.15, 0.2) is 30.3 Å². The van der Waals surface area contributed by atoms with Crippen LogP contribution in [0.25, 0.3) is 0 Å². The third kappa shape index (κ3) is 3.38. The number of likely N-dealkylation sites (tertiary alicyclic amines) is 1. The maximum atomic E-state index is 12.0. The number of ether oxygens (including phenoxy) is 2. The summed E-state index contributed by atoms with van der Waals surface area (Å²) in [6, 6.07) is 10.1. The van der Waals surface area contributed by atoms with E-state index in [9.17, 15) is 4.79 Å². The van der Waals surface area contributed by atoms with Crippen molar-refractivity contribution in [2.24, 2.45) is 0 Å². The number of hydrogen-bond donors (Lipinski definition) is 0. The Morgan fingerprint density at radius 1 is 1.25 bits per heavy atom. The van der Waals surface area contributed by atoms with Crippen molar-refractivity contribution in [3.05, 3.63) is 35.9 Å². The SMILES string of the molecule is O=C1C[C@H](OC2CCCCO2)CN1Cc1ccccc1. The van der Waals surface area contributed by atoms with Crippen LogP contribution in [0, 0.1) is 0 Å². The first-order chi connectivity index (χ1) is 9.81. The lowest BCUT2D eigenvalue weighted by Crippen LogP contribution is -2.30. The van der Waals surface area contributed by atoms with Gasteiger partial charge in [0.2, 0.25) is 5.91 Å². The van der Waals surface area contributed by atoms with Gasteiger partial charge in [0.05, 0.1) is 12.5 Å². The van der Waals surface area contributed by atoms with E-state index in [0.717, 1.165) is 31.4 Å². The van der Waals surface area contributed by atoms with Crippen molar-refractivity contribution >= 4 is 5.91 Å². The lowest BCUT2D eigenvalue weighted by Gasteiger charge is -2.25. The summed E-state index contributed by atoms with van der Waals surface area (Å²) in [4.78, 5) is 13.9. The lowest BCUT2D eigenvalue weighted by atomic mass is 10.2. The van der Waals surface area contributed by atoms with E-state index in [1.165, 1.54) is 0 Å². The molecule has 1 aromatic carbocycles. The largest absolute Gasteiger partial charge is 0.353 e. The second kappa shape index (κ2) is 6.37. The summed E-state index contributed by atoms with van der Waals surface area (Å²) in [6.07, 6.45) is 3.56. The molecule has 2 saturated heterocycles. The molecule has 0 aliphatic carbocycles. The zero-order chi connectivity index (χ0) is 13.8. The van der Waals surface area contributed by atoms with E-state index < -0.39 is 0 Å². The monoisotopic (exact) mass is 275 g/mol. The quantitative estimate of drug-likeness (QED) is 0.846. The van der Waals surface area contributed by atoms with Gasteiger partial charge in [0.1, 0.15) is 0 Å². The molecule has 108 valence electrons. The van der Waals surface area contributed by atoms with Crippen molar-refractivity contribution in [2.75, 3.05) is 13.2 Å². The van der Waals surface area contributed by atoms with Crippen LogP contribution in [0.4, 0.5) is 0 Å². The van der Waals surface area contributed by atoms with Gasteiger partial charge in [-0.15, -0.1) is 0 Å².